The standard InChI is InChI=1S/C11H16IN5/c1-7(2)17(11(15)16-10(13)14)9-5-3-8(12)4-6-9/h3-7H,1-2H3,(H5,13,14,15,16). The van der Waals surface area contributed by atoms with Crippen molar-refractivity contribution < 1.29 is 0 Å². The topological polar surface area (TPSA) is 91.5 Å². The second-order valence-corrected chi connectivity index (χ2v) is 5.05. The van der Waals surface area contributed by atoms with Gasteiger partial charge in [0, 0.05) is 15.3 Å². The van der Waals surface area contributed by atoms with E-state index in [1.54, 1.807) is 4.90 Å². The first-order chi connectivity index (χ1) is 7.91. The number of hydrogen-bond acceptors (Lipinski definition) is 1. The van der Waals surface area contributed by atoms with Gasteiger partial charge in [0.05, 0.1) is 0 Å². The molecular formula is C11H16IN5. The third-order valence-electron chi connectivity index (χ3n) is 2.08. The highest BCUT2D eigenvalue weighted by Crippen LogP contribution is 2.19. The van der Waals surface area contributed by atoms with Gasteiger partial charge in [-0.3, -0.25) is 5.41 Å². The molecule has 1 aromatic carbocycles. The SMILES string of the molecule is CC(C)N(C(=N)N=C(N)N)c1ccc(I)cc1. The van der Waals surface area contributed by atoms with Gasteiger partial charge < -0.3 is 16.4 Å². The number of hydrogen-bond donors (Lipinski definition) is 3. The molecule has 17 heavy (non-hydrogen) atoms. The molecule has 6 heteroatoms. The predicted molar refractivity (Wildman–Crippen MR) is 80.3 cm³/mol. The highest BCUT2D eigenvalue weighted by atomic mass is 127. The third-order valence-corrected chi connectivity index (χ3v) is 2.80. The quantitative estimate of drug-likeness (QED) is 0.433. The van der Waals surface area contributed by atoms with Crippen LogP contribution in [0.25, 0.3) is 0 Å². The maximum atomic E-state index is 7.87. The summed E-state index contributed by atoms with van der Waals surface area (Å²) < 4.78 is 1.14. The molecule has 0 aromatic heterocycles. The van der Waals surface area contributed by atoms with Crippen molar-refractivity contribution >= 4 is 40.2 Å². The third kappa shape index (κ3) is 3.88. The number of nitrogens with one attached hydrogen (secondary N) is 1. The van der Waals surface area contributed by atoms with E-state index in [9.17, 15) is 0 Å². The van der Waals surface area contributed by atoms with Crippen molar-refractivity contribution in [1.29, 1.82) is 5.41 Å². The van der Waals surface area contributed by atoms with Crippen LogP contribution in [-0.4, -0.2) is 18.0 Å². The van der Waals surface area contributed by atoms with Gasteiger partial charge >= 0.3 is 0 Å². The van der Waals surface area contributed by atoms with E-state index in [2.05, 4.69) is 27.6 Å². The van der Waals surface area contributed by atoms with Gasteiger partial charge in [0.15, 0.2) is 5.96 Å². The van der Waals surface area contributed by atoms with Crippen LogP contribution in [-0.2, 0) is 0 Å². The molecule has 0 atom stereocenters. The fraction of sp³-hybridized carbons (Fsp3) is 0.273. The second-order valence-electron chi connectivity index (χ2n) is 3.80. The zero-order valence-electron chi connectivity index (χ0n) is 9.81. The van der Waals surface area contributed by atoms with Crippen molar-refractivity contribution in [3.63, 3.8) is 0 Å². The minimum Gasteiger partial charge on any atom is -0.370 e. The molecule has 0 unspecified atom stereocenters. The Kier molecular flexibility index (Phi) is 4.73. The molecule has 0 aliphatic heterocycles. The lowest BCUT2D eigenvalue weighted by atomic mass is 10.2. The molecular weight excluding hydrogens is 329 g/mol. The molecule has 92 valence electrons. The number of anilines is 1. The van der Waals surface area contributed by atoms with Gasteiger partial charge in [-0.1, -0.05) is 0 Å². The molecule has 0 aliphatic carbocycles. The number of halogens is 1. The van der Waals surface area contributed by atoms with Crippen LogP contribution in [0.5, 0.6) is 0 Å². The summed E-state index contributed by atoms with van der Waals surface area (Å²) in [6.07, 6.45) is 0. The van der Waals surface area contributed by atoms with E-state index in [0.717, 1.165) is 9.26 Å². The van der Waals surface area contributed by atoms with Gasteiger partial charge in [0.25, 0.3) is 0 Å². The summed E-state index contributed by atoms with van der Waals surface area (Å²) in [4.78, 5) is 5.54. The summed E-state index contributed by atoms with van der Waals surface area (Å²) in [6, 6.07) is 7.95. The molecule has 0 amide bonds. The van der Waals surface area contributed by atoms with E-state index in [0.29, 0.717) is 0 Å². The molecule has 0 saturated carbocycles. The van der Waals surface area contributed by atoms with Crippen molar-refractivity contribution in [2.24, 2.45) is 16.5 Å². The largest absolute Gasteiger partial charge is 0.370 e. The van der Waals surface area contributed by atoms with Crippen molar-refractivity contribution in [3.8, 4) is 0 Å². The van der Waals surface area contributed by atoms with Crippen LogP contribution in [0, 0.1) is 8.98 Å². The average Bonchev–Trinajstić information content (AvgIpc) is 2.19. The van der Waals surface area contributed by atoms with Gasteiger partial charge in [-0.2, -0.15) is 4.99 Å². The zero-order chi connectivity index (χ0) is 13.0. The highest BCUT2D eigenvalue weighted by Gasteiger charge is 2.15. The van der Waals surface area contributed by atoms with E-state index < -0.39 is 0 Å². The number of nitrogens with two attached hydrogens (primary N) is 2. The first-order valence-electron chi connectivity index (χ1n) is 5.15. The Bertz CT molecular complexity index is 420. The lowest BCUT2D eigenvalue weighted by Gasteiger charge is -2.26. The summed E-state index contributed by atoms with van der Waals surface area (Å²) in [6.45, 7) is 3.96. The Hall–Kier alpha value is -1.31. The summed E-state index contributed by atoms with van der Waals surface area (Å²) in [7, 11) is 0. The van der Waals surface area contributed by atoms with Crippen LogP contribution in [0.15, 0.2) is 29.3 Å². The Morgan fingerprint density at radius 2 is 1.82 bits per heavy atom. The van der Waals surface area contributed by atoms with Crippen molar-refractivity contribution in [2.75, 3.05) is 4.90 Å². The Labute approximate surface area is 115 Å². The zero-order valence-corrected chi connectivity index (χ0v) is 12.0. The molecule has 0 bridgehead atoms. The first-order valence-corrected chi connectivity index (χ1v) is 6.22. The van der Waals surface area contributed by atoms with Gasteiger partial charge in [-0.05, 0) is 60.7 Å². The molecule has 0 aliphatic rings. The molecule has 5 nitrogen and oxygen atoms in total. The summed E-state index contributed by atoms with van der Waals surface area (Å²) >= 11 is 2.23. The fourth-order valence-corrected chi connectivity index (χ4v) is 1.80. The maximum absolute atomic E-state index is 7.87. The molecule has 0 fully saturated rings. The molecule has 1 aromatic rings. The van der Waals surface area contributed by atoms with Crippen molar-refractivity contribution in [2.45, 2.75) is 19.9 Å². The summed E-state index contributed by atoms with van der Waals surface area (Å²) in [5.74, 6) is -0.0626. The Balaban J connectivity index is 3.05. The smallest absolute Gasteiger partial charge is 0.225 e. The van der Waals surface area contributed by atoms with E-state index in [1.165, 1.54) is 0 Å². The summed E-state index contributed by atoms with van der Waals surface area (Å²) in [5.41, 5.74) is 11.5. The minimum absolute atomic E-state index is 0.0428. The number of nitrogens with zero attached hydrogens (tertiary/aromatic N) is 2. The van der Waals surface area contributed by atoms with E-state index in [4.69, 9.17) is 16.9 Å². The highest BCUT2D eigenvalue weighted by molar-refractivity contribution is 14.1. The van der Waals surface area contributed by atoms with Crippen LogP contribution in [0.1, 0.15) is 13.8 Å². The first kappa shape index (κ1) is 13.8. The molecule has 0 spiro atoms. The minimum atomic E-state index is -0.105. The fourth-order valence-electron chi connectivity index (χ4n) is 1.44. The Morgan fingerprint density at radius 1 is 1.29 bits per heavy atom. The van der Waals surface area contributed by atoms with Crippen LogP contribution in [0.2, 0.25) is 0 Å². The van der Waals surface area contributed by atoms with Crippen LogP contribution in [0.4, 0.5) is 5.69 Å². The average molecular weight is 345 g/mol. The van der Waals surface area contributed by atoms with Crippen LogP contribution in [0.3, 0.4) is 0 Å². The predicted octanol–water partition coefficient (Wildman–Crippen LogP) is 1.71. The molecule has 0 heterocycles. The number of aliphatic imine (C=N–C) groups is 1. The molecule has 0 radical (unpaired) electrons. The second kappa shape index (κ2) is 5.85. The van der Waals surface area contributed by atoms with Gasteiger partial charge in [-0.15, -0.1) is 0 Å². The van der Waals surface area contributed by atoms with Crippen LogP contribution < -0.4 is 16.4 Å². The van der Waals surface area contributed by atoms with E-state index in [1.807, 2.05) is 38.1 Å². The van der Waals surface area contributed by atoms with Gasteiger partial charge in [0.2, 0.25) is 5.96 Å². The maximum Gasteiger partial charge on any atom is 0.225 e. The van der Waals surface area contributed by atoms with Crippen molar-refractivity contribution in [1.82, 2.24) is 0 Å². The number of rotatable bonds is 2. The number of guanidine groups is 2. The lowest BCUT2D eigenvalue weighted by molar-refractivity contribution is 0.799. The number of benzene rings is 1. The van der Waals surface area contributed by atoms with Gasteiger partial charge in [0.1, 0.15) is 0 Å². The van der Waals surface area contributed by atoms with E-state index >= 15 is 0 Å². The van der Waals surface area contributed by atoms with Crippen molar-refractivity contribution in [3.05, 3.63) is 27.8 Å². The summed E-state index contributed by atoms with van der Waals surface area (Å²) in [5, 5.41) is 7.87. The van der Waals surface area contributed by atoms with E-state index in [-0.39, 0.29) is 18.0 Å². The lowest BCUT2D eigenvalue weighted by Crippen LogP contribution is -2.37. The monoisotopic (exact) mass is 345 g/mol. The molecule has 1 rings (SSSR count). The Morgan fingerprint density at radius 3 is 2.24 bits per heavy atom. The van der Waals surface area contributed by atoms with Gasteiger partial charge in [-0.25, -0.2) is 0 Å². The molecule has 0 saturated heterocycles. The molecule has 5 N–H and O–H groups in total. The van der Waals surface area contributed by atoms with Crippen LogP contribution >= 0.6 is 22.6 Å². The normalized spacial score (nSPS) is 10.1.